The fourth-order valence-corrected chi connectivity index (χ4v) is 8.07. The van der Waals surface area contributed by atoms with Crippen molar-refractivity contribution in [1.82, 2.24) is 14.5 Å². The number of anilines is 3. The number of rotatable bonds is 5. The number of para-hydroxylation sites is 2. The van der Waals surface area contributed by atoms with Crippen LogP contribution in [-0.2, 0) is 5.41 Å². The summed E-state index contributed by atoms with van der Waals surface area (Å²) in [7, 11) is 0. The third-order valence-electron chi connectivity index (χ3n) is 9.85. The minimum atomic E-state index is -0.155. The molecule has 220 valence electrons. The summed E-state index contributed by atoms with van der Waals surface area (Å²) in [6, 6.07) is 43.8. The zero-order chi connectivity index (χ0) is 30.7. The number of nitrogens with zero attached hydrogens (tertiary/aromatic N) is 4. The number of pyridine rings is 2. The van der Waals surface area contributed by atoms with Crippen LogP contribution < -0.4 is 4.90 Å². The summed E-state index contributed by atoms with van der Waals surface area (Å²) in [6.45, 7) is 9.50. The molecule has 0 saturated heterocycles. The smallest absolute Gasteiger partial charge is 0.137 e. The predicted octanol–water partition coefficient (Wildman–Crippen LogP) is 10.6. The van der Waals surface area contributed by atoms with E-state index in [1.807, 2.05) is 24.5 Å². The van der Waals surface area contributed by atoms with Crippen molar-refractivity contribution >= 4 is 38.9 Å². The maximum absolute atomic E-state index is 4.78. The lowest BCUT2D eigenvalue weighted by Crippen LogP contribution is -2.43. The maximum atomic E-state index is 4.78. The molecule has 0 saturated carbocycles. The molecule has 45 heavy (non-hydrogen) atoms. The first-order chi connectivity index (χ1) is 22.0. The minimum Gasteiger partial charge on any atom is -0.310 e. The first-order valence-electron chi connectivity index (χ1n) is 15.9. The first-order valence-corrected chi connectivity index (χ1v) is 15.9. The molecule has 4 heteroatoms. The van der Waals surface area contributed by atoms with E-state index >= 15 is 0 Å². The third-order valence-corrected chi connectivity index (χ3v) is 9.85. The molecule has 0 N–H and O–H groups in total. The second-order valence-electron chi connectivity index (χ2n) is 12.7. The molecule has 0 atom stereocenters. The van der Waals surface area contributed by atoms with Gasteiger partial charge in [-0.2, -0.15) is 0 Å². The van der Waals surface area contributed by atoms with Gasteiger partial charge in [-0.25, -0.2) is 4.98 Å². The van der Waals surface area contributed by atoms with Gasteiger partial charge in [0, 0.05) is 39.8 Å². The van der Waals surface area contributed by atoms with E-state index in [-0.39, 0.29) is 5.41 Å². The maximum Gasteiger partial charge on any atom is 0.137 e. The lowest BCUT2D eigenvalue weighted by Gasteiger charge is -2.50. The van der Waals surface area contributed by atoms with Crippen molar-refractivity contribution in [2.24, 2.45) is 11.8 Å². The number of hydrogen-bond acceptors (Lipinski definition) is 3. The van der Waals surface area contributed by atoms with Gasteiger partial charge < -0.3 is 4.90 Å². The molecule has 3 aromatic heterocycles. The minimum absolute atomic E-state index is 0.155. The monoisotopic (exact) mass is 584 g/mol. The molecule has 4 aromatic carbocycles. The number of aromatic nitrogens is 3. The highest BCUT2D eigenvalue weighted by Crippen LogP contribution is 2.58. The first kappa shape index (κ1) is 27.3. The van der Waals surface area contributed by atoms with E-state index in [9.17, 15) is 0 Å². The fourth-order valence-electron chi connectivity index (χ4n) is 8.07. The van der Waals surface area contributed by atoms with E-state index in [0.29, 0.717) is 11.8 Å². The SMILES string of the molecule is CC(C)C1(C(C)C)c2ccccc2N(c2ccc3c4ccccc4n(-c4ccccn4)c3c2)c2cc(-c3ccccn3)ccc21. The average molecular weight is 585 g/mol. The lowest BCUT2D eigenvalue weighted by atomic mass is 9.58. The molecule has 0 bridgehead atoms. The Hall–Kier alpha value is -5.22. The predicted molar refractivity (Wildman–Crippen MR) is 187 cm³/mol. The van der Waals surface area contributed by atoms with Crippen molar-refractivity contribution in [3.63, 3.8) is 0 Å². The lowest BCUT2D eigenvalue weighted by molar-refractivity contribution is 0.272. The molecule has 7 aromatic rings. The van der Waals surface area contributed by atoms with Gasteiger partial charge in [0.15, 0.2) is 0 Å². The molecule has 0 amide bonds. The molecule has 0 fully saturated rings. The average Bonchev–Trinajstić information content (AvgIpc) is 3.41. The van der Waals surface area contributed by atoms with Crippen molar-refractivity contribution < 1.29 is 0 Å². The van der Waals surface area contributed by atoms with Gasteiger partial charge in [-0.15, -0.1) is 0 Å². The zero-order valence-corrected chi connectivity index (χ0v) is 26.1. The quantitative estimate of drug-likeness (QED) is 0.202. The Kier molecular flexibility index (Phi) is 6.35. The summed E-state index contributed by atoms with van der Waals surface area (Å²) in [5.41, 5.74) is 10.5. The van der Waals surface area contributed by atoms with E-state index in [4.69, 9.17) is 9.97 Å². The van der Waals surface area contributed by atoms with Crippen LogP contribution in [0.5, 0.6) is 0 Å². The van der Waals surface area contributed by atoms with Gasteiger partial charge >= 0.3 is 0 Å². The van der Waals surface area contributed by atoms with Crippen molar-refractivity contribution in [2.75, 3.05) is 4.90 Å². The van der Waals surface area contributed by atoms with Crippen LogP contribution in [-0.4, -0.2) is 14.5 Å². The molecule has 1 aliphatic heterocycles. The molecular formula is C41H36N4. The van der Waals surface area contributed by atoms with Crippen LogP contribution >= 0.6 is 0 Å². The van der Waals surface area contributed by atoms with Crippen LogP contribution in [0.4, 0.5) is 17.1 Å². The standard InChI is InChI=1S/C41H36N4/c1-27(2)41(28(3)4)33-14-6-8-17-37(33)44(39-25-29(19-22-34(39)41)35-15-9-11-23-42-35)30-20-21-32-31-13-5-7-16-36(31)45(38(32)26-30)40-18-10-12-24-43-40/h5-28H,1-4H3. The molecular weight excluding hydrogens is 548 g/mol. The molecule has 0 spiro atoms. The van der Waals surface area contributed by atoms with Crippen molar-refractivity contribution in [1.29, 1.82) is 0 Å². The Balaban J connectivity index is 1.45. The molecule has 1 aliphatic rings. The summed E-state index contributed by atoms with van der Waals surface area (Å²) in [4.78, 5) is 12.0. The van der Waals surface area contributed by atoms with Gasteiger partial charge in [-0.05, 0) is 77.6 Å². The summed E-state index contributed by atoms with van der Waals surface area (Å²) in [5.74, 6) is 1.68. The van der Waals surface area contributed by atoms with Crippen LogP contribution in [0, 0.1) is 11.8 Å². The van der Waals surface area contributed by atoms with Crippen molar-refractivity contribution in [3.8, 4) is 17.1 Å². The molecule has 4 heterocycles. The topological polar surface area (TPSA) is 34.0 Å². The molecule has 0 unspecified atom stereocenters. The highest BCUT2D eigenvalue weighted by molar-refractivity contribution is 6.10. The van der Waals surface area contributed by atoms with E-state index in [0.717, 1.165) is 33.8 Å². The van der Waals surface area contributed by atoms with E-state index in [1.165, 1.54) is 33.3 Å². The van der Waals surface area contributed by atoms with E-state index in [2.05, 4.69) is 146 Å². The second kappa shape index (κ2) is 10.4. The normalized spacial score (nSPS) is 13.9. The summed E-state index contributed by atoms with van der Waals surface area (Å²) >= 11 is 0. The van der Waals surface area contributed by atoms with Gasteiger partial charge in [0.2, 0.25) is 0 Å². The van der Waals surface area contributed by atoms with E-state index < -0.39 is 0 Å². The Morgan fingerprint density at radius 2 is 1.24 bits per heavy atom. The van der Waals surface area contributed by atoms with Gasteiger partial charge in [0.25, 0.3) is 0 Å². The molecule has 0 aliphatic carbocycles. The number of fused-ring (bicyclic) bond motifs is 5. The summed E-state index contributed by atoms with van der Waals surface area (Å²) < 4.78 is 2.29. The molecule has 0 radical (unpaired) electrons. The van der Waals surface area contributed by atoms with Gasteiger partial charge in [0.05, 0.1) is 28.1 Å². The second-order valence-corrected chi connectivity index (χ2v) is 12.7. The molecule has 8 rings (SSSR count). The highest BCUT2D eigenvalue weighted by Gasteiger charge is 2.48. The summed E-state index contributed by atoms with van der Waals surface area (Å²) in [5, 5.41) is 2.44. The van der Waals surface area contributed by atoms with Crippen LogP contribution in [0.15, 0.2) is 134 Å². The number of benzene rings is 4. The number of hydrogen-bond donors (Lipinski definition) is 0. The van der Waals surface area contributed by atoms with Gasteiger partial charge in [-0.3, -0.25) is 9.55 Å². The third kappa shape index (κ3) is 3.98. The van der Waals surface area contributed by atoms with E-state index in [1.54, 1.807) is 0 Å². The molecule has 4 nitrogen and oxygen atoms in total. The fraction of sp³-hybridized carbons (Fsp3) is 0.171. The Morgan fingerprint density at radius 3 is 2.00 bits per heavy atom. The van der Waals surface area contributed by atoms with Crippen molar-refractivity contribution in [3.05, 3.63) is 145 Å². The van der Waals surface area contributed by atoms with Crippen LogP contribution in [0.2, 0.25) is 0 Å². The Morgan fingerprint density at radius 1 is 0.556 bits per heavy atom. The highest BCUT2D eigenvalue weighted by atomic mass is 15.2. The van der Waals surface area contributed by atoms with Gasteiger partial charge in [-0.1, -0.05) is 94.4 Å². The van der Waals surface area contributed by atoms with Gasteiger partial charge in [0.1, 0.15) is 5.82 Å². The van der Waals surface area contributed by atoms with Crippen LogP contribution in [0.3, 0.4) is 0 Å². The largest absolute Gasteiger partial charge is 0.310 e. The van der Waals surface area contributed by atoms with Crippen molar-refractivity contribution in [2.45, 2.75) is 33.1 Å². The Bertz CT molecular complexity index is 2170. The summed E-state index contributed by atoms with van der Waals surface area (Å²) in [6.07, 6.45) is 3.74. The van der Waals surface area contributed by atoms with Crippen LogP contribution in [0.25, 0.3) is 38.9 Å². The van der Waals surface area contributed by atoms with Crippen LogP contribution in [0.1, 0.15) is 38.8 Å². The Labute approximate surface area is 264 Å². The zero-order valence-electron chi connectivity index (χ0n) is 26.1.